The highest BCUT2D eigenvalue weighted by Crippen LogP contribution is 2.42. The molecule has 2 aromatic rings. The van der Waals surface area contributed by atoms with Crippen molar-refractivity contribution in [3.8, 4) is 11.4 Å². The molecule has 1 aromatic carbocycles. The fourth-order valence-electron chi connectivity index (χ4n) is 2.39. The molecule has 1 saturated carbocycles. The molecule has 0 radical (unpaired) electrons. The molecule has 1 aliphatic rings. The van der Waals surface area contributed by atoms with Crippen molar-refractivity contribution >= 4 is 28.9 Å². The smallest absolute Gasteiger partial charge is 0.184 e. The van der Waals surface area contributed by atoms with Crippen LogP contribution in [0.2, 0.25) is 10.0 Å². The third-order valence-corrected chi connectivity index (χ3v) is 4.51. The topological polar surface area (TPSA) is 69.6 Å². The van der Waals surface area contributed by atoms with E-state index in [9.17, 15) is 0 Å². The first-order valence-corrected chi connectivity index (χ1v) is 6.81. The van der Waals surface area contributed by atoms with Gasteiger partial charge in [0.25, 0.3) is 0 Å². The number of nitrogens with zero attached hydrogens (tertiary/aromatic N) is 4. The van der Waals surface area contributed by atoms with Gasteiger partial charge in [-0.2, -0.15) is 0 Å². The van der Waals surface area contributed by atoms with Gasteiger partial charge in [0.15, 0.2) is 5.82 Å². The van der Waals surface area contributed by atoms with Crippen molar-refractivity contribution in [1.82, 2.24) is 20.2 Å². The molecule has 7 heteroatoms. The minimum Gasteiger partial charge on any atom is -0.399 e. The van der Waals surface area contributed by atoms with Crippen LogP contribution in [0.5, 0.6) is 0 Å². The molecule has 0 spiro atoms. The van der Waals surface area contributed by atoms with Crippen LogP contribution in [-0.2, 0) is 5.54 Å². The van der Waals surface area contributed by atoms with E-state index >= 15 is 0 Å². The van der Waals surface area contributed by atoms with Crippen LogP contribution in [0.15, 0.2) is 12.1 Å². The molecule has 5 nitrogen and oxygen atoms in total. The SMILES string of the molecule is CC1(n2nnnc2-c2cc(N)cc(Cl)c2Cl)CCC1. The Bertz CT molecular complexity index is 633. The standard InChI is InChI=1S/C12H13Cl2N5/c1-12(3-2-4-12)19-11(16-17-18-19)8-5-7(15)6-9(13)10(8)14/h5-6H,2-4,15H2,1H3. The maximum Gasteiger partial charge on any atom is 0.184 e. The molecular weight excluding hydrogens is 285 g/mol. The van der Waals surface area contributed by atoms with Crippen LogP contribution in [-0.4, -0.2) is 20.2 Å². The second-order valence-electron chi connectivity index (χ2n) is 5.13. The lowest BCUT2D eigenvalue weighted by molar-refractivity contribution is 0.148. The first-order chi connectivity index (χ1) is 9.01. The highest BCUT2D eigenvalue weighted by atomic mass is 35.5. The highest BCUT2D eigenvalue weighted by Gasteiger charge is 2.37. The molecule has 19 heavy (non-hydrogen) atoms. The van der Waals surface area contributed by atoms with Crippen LogP contribution in [0, 0.1) is 0 Å². The molecule has 0 atom stereocenters. The van der Waals surface area contributed by atoms with Gasteiger partial charge in [-0.1, -0.05) is 23.2 Å². The molecule has 1 aliphatic carbocycles. The Labute approximate surface area is 120 Å². The van der Waals surface area contributed by atoms with Gasteiger partial charge < -0.3 is 5.73 Å². The summed E-state index contributed by atoms with van der Waals surface area (Å²) < 4.78 is 1.83. The van der Waals surface area contributed by atoms with Crippen molar-refractivity contribution in [1.29, 1.82) is 0 Å². The Morgan fingerprint density at radius 3 is 2.68 bits per heavy atom. The average Bonchev–Trinajstić information content (AvgIpc) is 2.80. The van der Waals surface area contributed by atoms with Crippen LogP contribution in [0.4, 0.5) is 5.69 Å². The summed E-state index contributed by atoms with van der Waals surface area (Å²) in [4.78, 5) is 0. The van der Waals surface area contributed by atoms with E-state index in [0.717, 1.165) is 12.8 Å². The van der Waals surface area contributed by atoms with Gasteiger partial charge in [-0.25, -0.2) is 4.68 Å². The zero-order valence-corrected chi connectivity index (χ0v) is 11.9. The number of aromatic nitrogens is 4. The predicted molar refractivity (Wildman–Crippen MR) is 75.2 cm³/mol. The van der Waals surface area contributed by atoms with Gasteiger partial charge in [0.2, 0.25) is 0 Å². The number of nitrogens with two attached hydrogens (primary N) is 1. The molecule has 0 bridgehead atoms. The summed E-state index contributed by atoms with van der Waals surface area (Å²) in [5, 5.41) is 12.8. The quantitative estimate of drug-likeness (QED) is 0.865. The lowest BCUT2D eigenvalue weighted by Gasteiger charge is -2.38. The van der Waals surface area contributed by atoms with Crippen molar-refractivity contribution < 1.29 is 0 Å². The summed E-state index contributed by atoms with van der Waals surface area (Å²) in [6.07, 6.45) is 3.29. The second kappa shape index (κ2) is 4.35. The van der Waals surface area contributed by atoms with Crippen LogP contribution in [0.25, 0.3) is 11.4 Å². The molecule has 2 N–H and O–H groups in total. The normalized spacial score (nSPS) is 17.2. The van der Waals surface area contributed by atoms with Crippen LogP contribution in [0.3, 0.4) is 0 Å². The maximum absolute atomic E-state index is 6.24. The summed E-state index contributed by atoms with van der Waals surface area (Å²) in [6, 6.07) is 3.37. The summed E-state index contributed by atoms with van der Waals surface area (Å²) in [7, 11) is 0. The molecule has 1 aromatic heterocycles. The van der Waals surface area contributed by atoms with E-state index in [1.807, 2.05) is 4.68 Å². The van der Waals surface area contributed by atoms with Gasteiger partial charge in [-0.15, -0.1) is 5.10 Å². The van der Waals surface area contributed by atoms with Crippen molar-refractivity contribution in [3.05, 3.63) is 22.2 Å². The number of benzene rings is 1. The van der Waals surface area contributed by atoms with E-state index in [4.69, 9.17) is 28.9 Å². The van der Waals surface area contributed by atoms with Gasteiger partial charge in [0.05, 0.1) is 15.6 Å². The monoisotopic (exact) mass is 297 g/mol. The maximum atomic E-state index is 6.24. The lowest BCUT2D eigenvalue weighted by atomic mass is 9.78. The van der Waals surface area contributed by atoms with Crippen LogP contribution >= 0.6 is 23.2 Å². The summed E-state index contributed by atoms with van der Waals surface area (Å²) >= 11 is 12.3. The number of nitrogen functional groups attached to an aromatic ring is 1. The Morgan fingerprint density at radius 1 is 1.32 bits per heavy atom. The third-order valence-electron chi connectivity index (χ3n) is 3.70. The number of hydrogen-bond donors (Lipinski definition) is 1. The zero-order chi connectivity index (χ0) is 13.6. The van der Waals surface area contributed by atoms with E-state index in [1.54, 1.807) is 12.1 Å². The van der Waals surface area contributed by atoms with Crippen LogP contribution < -0.4 is 5.73 Å². The zero-order valence-electron chi connectivity index (χ0n) is 10.4. The number of hydrogen-bond acceptors (Lipinski definition) is 4. The molecule has 0 unspecified atom stereocenters. The number of anilines is 1. The average molecular weight is 298 g/mol. The van der Waals surface area contributed by atoms with Crippen LogP contribution in [0.1, 0.15) is 26.2 Å². The second-order valence-corrected chi connectivity index (χ2v) is 5.91. The predicted octanol–water partition coefficient (Wildman–Crippen LogP) is 3.13. The summed E-state index contributed by atoms with van der Waals surface area (Å²) in [5.74, 6) is 0.612. The van der Waals surface area contributed by atoms with E-state index in [-0.39, 0.29) is 5.54 Å². The lowest BCUT2D eigenvalue weighted by Crippen LogP contribution is -2.38. The molecule has 0 amide bonds. The Balaban J connectivity index is 2.16. The summed E-state index contributed by atoms with van der Waals surface area (Å²) in [6.45, 7) is 2.14. The largest absolute Gasteiger partial charge is 0.399 e. The van der Waals surface area contributed by atoms with Gasteiger partial charge in [-0.3, -0.25) is 0 Å². The van der Waals surface area contributed by atoms with Crippen molar-refractivity contribution in [3.63, 3.8) is 0 Å². The third kappa shape index (κ3) is 1.97. The summed E-state index contributed by atoms with van der Waals surface area (Å²) in [5.41, 5.74) is 6.99. The first-order valence-electron chi connectivity index (χ1n) is 6.05. The van der Waals surface area contributed by atoms with Crippen molar-refractivity contribution in [2.24, 2.45) is 0 Å². The van der Waals surface area contributed by atoms with Gasteiger partial charge in [-0.05, 0) is 48.7 Å². The number of tetrazole rings is 1. The first kappa shape index (κ1) is 12.7. The fourth-order valence-corrected chi connectivity index (χ4v) is 2.81. The minimum atomic E-state index is -0.0424. The van der Waals surface area contributed by atoms with Crippen molar-refractivity contribution in [2.75, 3.05) is 5.73 Å². The van der Waals surface area contributed by atoms with Crippen molar-refractivity contribution in [2.45, 2.75) is 31.7 Å². The minimum absolute atomic E-state index is 0.0424. The molecular formula is C12H13Cl2N5. The van der Waals surface area contributed by atoms with E-state index < -0.39 is 0 Å². The van der Waals surface area contributed by atoms with E-state index in [2.05, 4.69) is 22.4 Å². The van der Waals surface area contributed by atoms with Gasteiger partial charge >= 0.3 is 0 Å². The molecule has 0 saturated heterocycles. The molecule has 0 aliphatic heterocycles. The Morgan fingerprint density at radius 2 is 2.05 bits per heavy atom. The number of halogens is 2. The van der Waals surface area contributed by atoms with E-state index in [1.165, 1.54) is 6.42 Å². The fraction of sp³-hybridized carbons (Fsp3) is 0.417. The van der Waals surface area contributed by atoms with E-state index in [0.29, 0.717) is 27.1 Å². The van der Waals surface area contributed by atoms with Gasteiger partial charge in [0.1, 0.15) is 0 Å². The molecule has 100 valence electrons. The molecule has 1 fully saturated rings. The Hall–Kier alpha value is -1.33. The molecule has 1 heterocycles. The molecule has 3 rings (SSSR count). The highest BCUT2D eigenvalue weighted by molar-refractivity contribution is 6.43. The number of rotatable bonds is 2. The Kier molecular flexibility index (Phi) is 2.91. The van der Waals surface area contributed by atoms with Gasteiger partial charge in [0, 0.05) is 11.3 Å².